The summed E-state index contributed by atoms with van der Waals surface area (Å²) >= 11 is 11.1. The van der Waals surface area contributed by atoms with Gasteiger partial charge < -0.3 is 10.6 Å². The van der Waals surface area contributed by atoms with E-state index in [0.29, 0.717) is 5.11 Å². The highest BCUT2D eigenvalue weighted by atomic mass is 35.5. The summed E-state index contributed by atoms with van der Waals surface area (Å²) in [5.41, 5.74) is 2.29. The molecule has 0 spiro atoms. The van der Waals surface area contributed by atoms with Crippen molar-refractivity contribution in [2.24, 2.45) is 0 Å². The van der Waals surface area contributed by atoms with E-state index in [-0.39, 0.29) is 0 Å². The molecule has 0 saturated heterocycles. The number of thiocarbonyl (C=S) groups is 1. The number of anilines is 1. The Hall–Kier alpha value is -1.58. The zero-order valence-corrected chi connectivity index (χ0v) is 12.7. The standard InChI is InChI=1S/C16H17ClN2S/c17-14-10-8-13(9-11-14)5-4-12-18-16(20)19-15-6-2-1-3-7-15/h1-3,6-11H,4-5,12H2,(H2,18,19,20). The molecule has 0 aromatic heterocycles. The summed E-state index contributed by atoms with van der Waals surface area (Å²) in [5, 5.41) is 7.80. The van der Waals surface area contributed by atoms with Crippen LogP contribution in [0.2, 0.25) is 5.02 Å². The second kappa shape index (κ2) is 7.88. The smallest absolute Gasteiger partial charge is 0.170 e. The normalized spacial score (nSPS) is 10.1. The molecule has 0 unspecified atom stereocenters. The number of para-hydroxylation sites is 1. The fourth-order valence-corrected chi connectivity index (χ4v) is 2.19. The van der Waals surface area contributed by atoms with Gasteiger partial charge in [-0.1, -0.05) is 41.9 Å². The van der Waals surface area contributed by atoms with Crippen LogP contribution in [0.25, 0.3) is 0 Å². The summed E-state index contributed by atoms with van der Waals surface area (Å²) in [5.74, 6) is 0. The zero-order valence-electron chi connectivity index (χ0n) is 11.1. The van der Waals surface area contributed by atoms with Gasteiger partial charge in [-0.2, -0.15) is 0 Å². The van der Waals surface area contributed by atoms with Gasteiger partial charge in [-0.05, 0) is 54.9 Å². The molecule has 2 rings (SSSR count). The van der Waals surface area contributed by atoms with Crippen molar-refractivity contribution in [2.75, 3.05) is 11.9 Å². The minimum Gasteiger partial charge on any atom is -0.362 e. The van der Waals surface area contributed by atoms with Crippen LogP contribution in [-0.4, -0.2) is 11.7 Å². The van der Waals surface area contributed by atoms with Crippen LogP contribution < -0.4 is 10.6 Å². The van der Waals surface area contributed by atoms with Crippen LogP contribution in [0.1, 0.15) is 12.0 Å². The topological polar surface area (TPSA) is 24.1 Å². The number of benzene rings is 2. The molecular formula is C16H17ClN2S. The molecule has 0 radical (unpaired) electrons. The molecule has 2 aromatic rings. The van der Waals surface area contributed by atoms with Crippen LogP contribution in [-0.2, 0) is 6.42 Å². The van der Waals surface area contributed by atoms with Gasteiger partial charge in [0.1, 0.15) is 0 Å². The van der Waals surface area contributed by atoms with Gasteiger partial charge in [0.2, 0.25) is 0 Å². The van der Waals surface area contributed by atoms with Crippen molar-refractivity contribution >= 4 is 34.6 Å². The van der Waals surface area contributed by atoms with E-state index in [4.69, 9.17) is 23.8 Å². The average molecular weight is 305 g/mol. The van der Waals surface area contributed by atoms with Gasteiger partial charge in [0.25, 0.3) is 0 Å². The molecule has 4 heteroatoms. The van der Waals surface area contributed by atoms with Crippen LogP contribution in [0.15, 0.2) is 54.6 Å². The van der Waals surface area contributed by atoms with Crippen molar-refractivity contribution in [2.45, 2.75) is 12.8 Å². The van der Waals surface area contributed by atoms with E-state index in [0.717, 1.165) is 30.1 Å². The zero-order chi connectivity index (χ0) is 14.2. The maximum Gasteiger partial charge on any atom is 0.170 e. The molecule has 0 heterocycles. The minimum atomic E-state index is 0.660. The SMILES string of the molecule is S=C(NCCCc1ccc(Cl)cc1)Nc1ccccc1. The first-order valence-corrected chi connectivity index (χ1v) is 7.37. The summed E-state index contributed by atoms with van der Waals surface area (Å²) < 4.78 is 0. The largest absolute Gasteiger partial charge is 0.362 e. The van der Waals surface area contributed by atoms with E-state index in [2.05, 4.69) is 22.8 Å². The van der Waals surface area contributed by atoms with Crippen LogP contribution in [0.3, 0.4) is 0 Å². The fourth-order valence-electron chi connectivity index (χ4n) is 1.84. The molecule has 0 atom stereocenters. The lowest BCUT2D eigenvalue weighted by Crippen LogP contribution is -2.29. The lowest BCUT2D eigenvalue weighted by atomic mass is 10.1. The van der Waals surface area contributed by atoms with Crippen molar-refractivity contribution < 1.29 is 0 Å². The Kier molecular flexibility index (Phi) is 5.84. The highest BCUT2D eigenvalue weighted by Gasteiger charge is 1.97. The molecule has 20 heavy (non-hydrogen) atoms. The predicted molar refractivity (Wildman–Crippen MR) is 90.4 cm³/mol. The average Bonchev–Trinajstić information content (AvgIpc) is 2.46. The van der Waals surface area contributed by atoms with E-state index < -0.39 is 0 Å². The van der Waals surface area contributed by atoms with Gasteiger partial charge in [-0.3, -0.25) is 0 Å². The van der Waals surface area contributed by atoms with Crippen molar-refractivity contribution in [3.8, 4) is 0 Å². The molecule has 0 aliphatic carbocycles. The van der Waals surface area contributed by atoms with Crippen molar-refractivity contribution in [1.29, 1.82) is 0 Å². The van der Waals surface area contributed by atoms with Gasteiger partial charge in [0, 0.05) is 17.3 Å². The molecule has 0 fully saturated rings. The molecular weight excluding hydrogens is 288 g/mol. The highest BCUT2D eigenvalue weighted by Crippen LogP contribution is 2.10. The molecule has 0 aliphatic rings. The Balaban J connectivity index is 1.66. The van der Waals surface area contributed by atoms with E-state index in [1.165, 1.54) is 5.56 Å². The van der Waals surface area contributed by atoms with Crippen LogP contribution >= 0.6 is 23.8 Å². The molecule has 2 nitrogen and oxygen atoms in total. The number of hydrogen-bond donors (Lipinski definition) is 2. The quantitative estimate of drug-likeness (QED) is 0.637. The Bertz CT molecular complexity index is 540. The summed E-state index contributed by atoms with van der Waals surface area (Å²) in [4.78, 5) is 0. The first-order chi connectivity index (χ1) is 9.74. The highest BCUT2D eigenvalue weighted by molar-refractivity contribution is 7.80. The number of nitrogens with one attached hydrogen (secondary N) is 2. The van der Waals surface area contributed by atoms with Gasteiger partial charge >= 0.3 is 0 Å². The van der Waals surface area contributed by atoms with Gasteiger partial charge in [0.05, 0.1) is 0 Å². The van der Waals surface area contributed by atoms with E-state index in [1.54, 1.807) is 0 Å². The first kappa shape index (κ1) is 14.8. The van der Waals surface area contributed by atoms with Crippen LogP contribution in [0.4, 0.5) is 5.69 Å². The third kappa shape index (κ3) is 5.19. The van der Waals surface area contributed by atoms with E-state index in [9.17, 15) is 0 Å². The number of rotatable bonds is 5. The maximum atomic E-state index is 5.85. The molecule has 0 amide bonds. The number of aryl methyl sites for hydroxylation is 1. The van der Waals surface area contributed by atoms with Gasteiger partial charge in [0.15, 0.2) is 5.11 Å². The van der Waals surface area contributed by atoms with E-state index >= 15 is 0 Å². The number of hydrogen-bond acceptors (Lipinski definition) is 1. The second-order valence-corrected chi connectivity index (χ2v) is 5.32. The molecule has 2 aromatic carbocycles. The summed E-state index contributed by atoms with van der Waals surface area (Å²) in [6.07, 6.45) is 2.04. The van der Waals surface area contributed by atoms with Crippen molar-refractivity contribution in [1.82, 2.24) is 5.32 Å². The second-order valence-electron chi connectivity index (χ2n) is 4.48. The summed E-state index contributed by atoms with van der Waals surface area (Å²) in [6.45, 7) is 0.849. The molecule has 0 aliphatic heterocycles. The predicted octanol–water partition coefficient (Wildman–Crippen LogP) is 4.26. The lowest BCUT2D eigenvalue weighted by Gasteiger charge is -2.10. The van der Waals surface area contributed by atoms with Gasteiger partial charge in [-0.25, -0.2) is 0 Å². The third-order valence-electron chi connectivity index (χ3n) is 2.87. The minimum absolute atomic E-state index is 0.660. The Morgan fingerprint density at radius 3 is 2.40 bits per heavy atom. The summed E-state index contributed by atoms with van der Waals surface area (Å²) in [7, 11) is 0. The Labute approximate surface area is 130 Å². The van der Waals surface area contributed by atoms with E-state index in [1.807, 2.05) is 42.5 Å². The maximum absolute atomic E-state index is 5.85. The lowest BCUT2D eigenvalue weighted by molar-refractivity contribution is 0.777. The van der Waals surface area contributed by atoms with Gasteiger partial charge in [-0.15, -0.1) is 0 Å². The van der Waals surface area contributed by atoms with Crippen molar-refractivity contribution in [3.63, 3.8) is 0 Å². The number of halogens is 1. The van der Waals surface area contributed by atoms with Crippen LogP contribution in [0.5, 0.6) is 0 Å². The molecule has 0 saturated carbocycles. The Morgan fingerprint density at radius 1 is 1.00 bits per heavy atom. The third-order valence-corrected chi connectivity index (χ3v) is 3.37. The Morgan fingerprint density at radius 2 is 1.70 bits per heavy atom. The fraction of sp³-hybridized carbons (Fsp3) is 0.188. The first-order valence-electron chi connectivity index (χ1n) is 6.58. The summed E-state index contributed by atoms with van der Waals surface area (Å²) in [6, 6.07) is 17.9. The molecule has 0 bridgehead atoms. The molecule has 2 N–H and O–H groups in total. The monoisotopic (exact) mass is 304 g/mol. The van der Waals surface area contributed by atoms with Crippen molar-refractivity contribution in [3.05, 3.63) is 65.2 Å². The van der Waals surface area contributed by atoms with Crippen LogP contribution in [0, 0.1) is 0 Å². The molecule has 104 valence electrons.